The van der Waals surface area contributed by atoms with Gasteiger partial charge in [0.05, 0.1) is 5.69 Å². The molecule has 0 aliphatic heterocycles. The van der Waals surface area contributed by atoms with Crippen LogP contribution in [0.15, 0.2) is 12.3 Å². The van der Waals surface area contributed by atoms with E-state index >= 15 is 0 Å². The van der Waals surface area contributed by atoms with Gasteiger partial charge in [-0.3, -0.25) is 9.48 Å². The van der Waals surface area contributed by atoms with E-state index in [-0.39, 0.29) is 5.91 Å². The van der Waals surface area contributed by atoms with Gasteiger partial charge in [-0.25, -0.2) is 0 Å². The Balaban J connectivity index is 1.95. The monoisotopic (exact) mass is 207 g/mol. The van der Waals surface area contributed by atoms with Crippen LogP contribution in [-0.2, 0) is 11.3 Å². The minimum atomic E-state index is 0.183. The van der Waals surface area contributed by atoms with Gasteiger partial charge in [0, 0.05) is 18.8 Å². The van der Waals surface area contributed by atoms with Gasteiger partial charge in [-0.2, -0.15) is 5.10 Å². The number of aromatic nitrogens is 2. The van der Waals surface area contributed by atoms with E-state index in [1.54, 1.807) is 4.68 Å². The number of aryl methyl sites for hydroxylation is 1. The van der Waals surface area contributed by atoms with Gasteiger partial charge in [0.15, 0.2) is 0 Å². The molecular weight excluding hydrogens is 190 g/mol. The second-order valence-corrected chi connectivity index (χ2v) is 4.07. The second-order valence-electron chi connectivity index (χ2n) is 4.07. The molecule has 1 saturated carbocycles. The molecule has 4 nitrogen and oxygen atoms in total. The van der Waals surface area contributed by atoms with Crippen molar-refractivity contribution in [2.45, 2.75) is 39.3 Å². The van der Waals surface area contributed by atoms with Crippen molar-refractivity contribution in [3.8, 4) is 0 Å². The number of hydrogen-bond donors (Lipinski definition) is 0. The van der Waals surface area contributed by atoms with Gasteiger partial charge in [-0.15, -0.1) is 0 Å². The molecule has 0 radical (unpaired) electrons. The second kappa shape index (κ2) is 4.04. The topological polar surface area (TPSA) is 38.1 Å². The van der Waals surface area contributed by atoms with Crippen molar-refractivity contribution >= 4 is 5.91 Å². The molecule has 1 heterocycles. The zero-order valence-electron chi connectivity index (χ0n) is 9.31. The Hall–Kier alpha value is -1.32. The summed E-state index contributed by atoms with van der Waals surface area (Å²) in [6, 6.07) is 2.42. The zero-order valence-corrected chi connectivity index (χ0v) is 9.31. The summed E-state index contributed by atoms with van der Waals surface area (Å²) < 4.78 is 1.71. The molecule has 1 aromatic rings. The maximum Gasteiger partial charge on any atom is 0.244 e. The third kappa shape index (κ3) is 2.37. The number of carbonyl (C=O) groups excluding carboxylic acids is 1. The van der Waals surface area contributed by atoms with Gasteiger partial charge in [0.25, 0.3) is 0 Å². The molecule has 1 aromatic heterocycles. The molecule has 1 aliphatic carbocycles. The quantitative estimate of drug-likeness (QED) is 0.744. The number of likely N-dealkylation sites (N-methyl/N-ethyl adjacent to an activating group) is 1. The van der Waals surface area contributed by atoms with Crippen LogP contribution in [0.4, 0.5) is 0 Å². The fraction of sp³-hybridized carbons (Fsp3) is 0.636. The highest BCUT2D eigenvalue weighted by atomic mass is 16.2. The van der Waals surface area contributed by atoms with E-state index in [1.807, 2.05) is 31.0 Å². The zero-order chi connectivity index (χ0) is 10.8. The van der Waals surface area contributed by atoms with Gasteiger partial charge >= 0.3 is 0 Å². The first-order valence-electron chi connectivity index (χ1n) is 5.50. The summed E-state index contributed by atoms with van der Waals surface area (Å²) in [7, 11) is 0. The molecule has 0 saturated heterocycles. The minimum Gasteiger partial charge on any atom is -0.338 e. The molecule has 1 fully saturated rings. The summed E-state index contributed by atoms with van der Waals surface area (Å²) in [6.45, 7) is 5.14. The van der Waals surface area contributed by atoms with Crippen LogP contribution >= 0.6 is 0 Å². The summed E-state index contributed by atoms with van der Waals surface area (Å²) in [4.78, 5) is 13.9. The molecule has 15 heavy (non-hydrogen) atoms. The van der Waals surface area contributed by atoms with E-state index in [0.717, 1.165) is 25.1 Å². The predicted molar refractivity (Wildman–Crippen MR) is 57.4 cm³/mol. The SMILES string of the molecule is CCN(C(=O)Cn1ccc(C)n1)C1CC1. The number of hydrogen-bond acceptors (Lipinski definition) is 2. The van der Waals surface area contributed by atoms with Gasteiger partial charge < -0.3 is 4.90 Å². The average Bonchev–Trinajstić information content (AvgIpc) is 2.93. The molecule has 82 valence electrons. The lowest BCUT2D eigenvalue weighted by molar-refractivity contribution is -0.132. The van der Waals surface area contributed by atoms with Crippen molar-refractivity contribution in [3.63, 3.8) is 0 Å². The Morgan fingerprint density at radius 3 is 2.87 bits per heavy atom. The first kappa shape index (κ1) is 10.2. The van der Waals surface area contributed by atoms with E-state index in [2.05, 4.69) is 5.10 Å². The van der Waals surface area contributed by atoms with Crippen molar-refractivity contribution in [1.29, 1.82) is 0 Å². The van der Waals surface area contributed by atoms with Crippen LogP contribution < -0.4 is 0 Å². The van der Waals surface area contributed by atoms with Crippen molar-refractivity contribution in [1.82, 2.24) is 14.7 Å². The Kier molecular flexibility index (Phi) is 2.75. The molecule has 0 spiro atoms. The van der Waals surface area contributed by atoms with Gasteiger partial charge in [0.1, 0.15) is 6.54 Å². The maximum atomic E-state index is 11.9. The van der Waals surface area contributed by atoms with Crippen molar-refractivity contribution in [2.24, 2.45) is 0 Å². The first-order chi connectivity index (χ1) is 7.20. The lowest BCUT2D eigenvalue weighted by Crippen LogP contribution is -2.35. The van der Waals surface area contributed by atoms with Crippen LogP contribution in [0.2, 0.25) is 0 Å². The highest BCUT2D eigenvalue weighted by Gasteiger charge is 2.31. The molecule has 0 aromatic carbocycles. The Morgan fingerprint density at radius 2 is 2.40 bits per heavy atom. The van der Waals surface area contributed by atoms with Crippen LogP contribution in [0.5, 0.6) is 0 Å². The summed E-state index contributed by atoms with van der Waals surface area (Å²) in [5, 5.41) is 4.22. The van der Waals surface area contributed by atoms with E-state index in [9.17, 15) is 4.79 Å². The highest BCUT2D eigenvalue weighted by Crippen LogP contribution is 2.26. The van der Waals surface area contributed by atoms with Crippen LogP contribution in [-0.4, -0.2) is 33.2 Å². The van der Waals surface area contributed by atoms with Crippen molar-refractivity contribution in [2.75, 3.05) is 6.54 Å². The molecule has 0 N–H and O–H groups in total. The molecule has 1 amide bonds. The molecule has 2 rings (SSSR count). The Labute approximate surface area is 89.9 Å². The van der Waals surface area contributed by atoms with E-state index in [1.165, 1.54) is 0 Å². The molecule has 0 unspecified atom stereocenters. The molecule has 0 atom stereocenters. The molecule has 0 bridgehead atoms. The third-order valence-electron chi connectivity index (χ3n) is 2.72. The molecule has 4 heteroatoms. The van der Waals surface area contributed by atoms with Crippen molar-refractivity contribution < 1.29 is 4.79 Å². The highest BCUT2D eigenvalue weighted by molar-refractivity contribution is 5.76. The standard InChI is InChI=1S/C11H17N3O/c1-3-14(10-4-5-10)11(15)8-13-7-6-9(2)12-13/h6-7,10H,3-5,8H2,1-2H3. The van der Waals surface area contributed by atoms with Gasteiger partial charge in [0.2, 0.25) is 5.91 Å². The normalized spacial score (nSPS) is 15.3. The largest absolute Gasteiger partial charge is 0.338 e. The van der Waals surface area contributed by atoms with Crippen molar-refractivity contribution in [3.05, 3.63) is 18.0 Å². The number of rotatable bonds is 4. The van der Waals surface area contributed by atoms with E-state index in [4.69, 9.17) is 0 Å². The fourth-order valence-electron chi connectivity index (χ4n) is 1.81. The van der Waals surface area contributed by atoms with Crippen LogP contribution in [0, 0.1) is 6.92 Å². The maximum absolute atomic E-state index is 11.9. The van der Waals surface area contributed by atoms with Crippen LogP contribution in [0.25, 0.3) is 0 Å². The molecule has 1 aliphatic rings. The average molecular weight is 207 g/mol. The number of amides is 1. The predicted octanol–water partition coefficient (Wildman–Crippen LogP) is 1.20. The summed E-state index contributed by atoms with van der Waals surface area (Å²) in [5.41, 5.74) is 0.956. The summed E-state index contributed by atoms with van der Waals surface area (Å²) >= 11 is 0. The minimum absolute atomic E-state index is 0.183. The Bertz CT molecular complexity index is 354. The molecular formula is C11H17N3O. The summed E-state index contributed by atoms with van der Waals surface area (Å²) in [6.07, 6.45) is 4.18. The first-order valence-corrected chi connectivity index (χ1v) is 5.50. The lowest BCUT2D eigenvalue weighted by Gasteiger charge is -2.20. The van der Waals surface area contributed by atoms with Gasteiger partial charge in [-0.05, 0) is 32.8 Å². The lowest BCUT2D eigenvalue weighted by atomic mass is 10.4. The number of carbonyl (C=O) groups is 1. The fourth-order valence-corrected chi connectivity index (χ4v) is 1.81. The van der Waals surface area contributed by atoms with Gasteiger partial charge in [-0.1, -0.05) is 0 Å². The third-order valence-corrected chi connectivity index (χ3v) is 2.72. The van der Waals surface area contributed by atoms with E-state index < -0.39 is 0 Å². The van der Waals surface area contributed by atoms with Crippen LogP contribution in [0.1, 0.15) is 25.5 Å². The summed E-state index contributed by atoms with van der Waals surface area (Å²) in [5.74, 6) is 0.183. The number of nitrogens with zero attached hydrogens (tertiary/aromatic N) is 3. The van der Waals surface area contributed by atoms with Crippen LogP contribution in [0.3, 0.4) is 0 Å². The Morgan fingerprint density at radius 1 is 1.67 bits per heavy atom. The van der Waals surface area contributed by atoms with E-state index in [0.29, 0.717) is 12.6 Å². The smallest absolute Gasteiger partial charge is 0.244 e.